The number of aliphatic hydroxyl groups is 1. The van der Waals surface area contributed by atoms with Crippen LogP contribution in [0.25, 0.3) is 0 Å². The van der Waals surface area contributed by atoms with Gasteiger partial charge < -0.3 is 15.7 Å². The maximum Gasteiger partial charge on any atom is 0.0601 e. The summed E-state index contributed by atoms with van der Waals surface area (Å²) < 4.78 is 0. The van der Waals surface area contributed by atoms with E-state index in [2.05, 4.69) is 45.0 Å². The van der Waals surface area contributed by atoms with Gasteiger partial charge in [-0.05, 0) is 30.6 Å². The highest BCUT2D eigenvalue weighted by atomic mass is 16.3. The van der Waals surface area contributed by atoms with Crippen molar-refractivity contribution in [2.75, 3.05) is 20.7 Å². The molecule has 18 heavy (non-hydrogen) atoms. The number of benzene rings is 1. The molecule has 1 aromatic carbocycles. The van der Waals surface area contributed by atoms with E-state index >= 15 is 0 Å². The van der Waals surface area contributed by atoms with Crippen molar-refractivity contribution in [3.63, 3.8) is 0 Å². The number of nitrogens with two attached hydrogens (primary N) is 1. The van der Waals surface area contributed by atoms with Crippen molar-refractivity contribution in [3.05, 3.63) is 35.4 Å². The molecule has 3 nitrogen and oxygen atoms in total. The quantitative estimate of drug-likeness (QED) is 0.858. The van der Waals surface area contributed by atoms with Crippen LogP contribution in [0, 0.1) is 0 Å². The number of hydrogen-bond donors (Lipinski definition) is 2. The zero-order valence-corrected chi connectivity index (χ0v) is 12.1. The van der Waals surface area contributed by atoms with Gasteiger partial charge in [-0.3, -0.25) is 0 Å². The number of rotatable bonds is 4. The second-order valence-corrected chi connectivity index (χ2v) is 6.13. The molecule has 2 unspecified atom stereocenters. The van der Waals surface area contributed by atoms with Crippen molar-refractivity contribution in [1.82, 2.24) is 4.90 Å². The van der Waals surface area contributed by atoms with Gasteiger partial charge in [0.05, 0.1) is 12.6 Å². The number of likely N-dealkylation sites (N-methyl/N-ethyl adjacent to an activating group) is 1. The first-order chi connectivity index (χ1) is 8.27. The van der Waals surface area contributed by atoms with Crippen LogP contribution in [0.4, 0.5) is 0 Å². The molecule has 0 aromatic heterocycles. The van der Waals surface area contributed by atoms with E-state index in [1.54, 1.807) is 0 Å². The molecule has 0 saturated heterocycles. The summed E-state index contributed by atoms with van der Waals surface area (Å²) in [6, 6.07) is 8.30. The van der Waals surface area contributed by atoms with E-state index in [1.807, 2.05) is 19.0 Å². The first-order valence-corrected chi connectivity index (χ1v) is 6.40. The largest absolute Gasteiger partial charge is 0.395 e. The molecule has 0 amide bonds. The normalized spacial score (nSPS) is 15.8. The summed E-state index contributed by atoms with van der Waals surface area (Å²) in [5.41, 5.74) is 8.59. The van der Waals surface area contributed by atoms with E-state index in [9.17, 15) is 5.11 Å². The highest BCUT2D eigenvalue weighted by Crippen LogP contribution is 2.26. The Kier molecular flexibility index (Phi) is 4.91. The Bertz CT molecular complexity index is 365. The Labute approximate surface area is 111 Å². The Hall–Kier alpha value is -0.900. The molecule has 0 aliphatic rings. The highest BCUT2D eigenvalue weighted by Gasteiger charge is 2.22. The monoisotopic (exact) mass is 250 g/mol. The zero-order chi connectivity index (χ0) is 13.9. The van der Waals surface area contributed by atoms with E-state index < -0.39 is 0 Å². The lowest BCUT2D eigenvalue weighted by atomic mass is 9.85. The lowest BCUT2D eigenvalue weighted by Gasteiger charge is -2.30. The summed E-state index contributed by atoms with van der Waals surface area (Å²) in [4.78, 5) is 2.05. The average molecular weight is 250 g/mol. The molecular formula is C15H26N2O. The second kappa shape index (κ2) is 5.83. The fourth-order valence-electron chi connectivity index (χ4n) is 2.21. The molecule has 0 aliphatic heterocycles. The van der Waals surface area contributed by atoms with Gasteiger partial charge >= 0.3 is 0 Å². The standard InChI is InChI=1S/C15H26N2O/c1-15(2,3)12-8-6-11(7-9-12)14(17(4)5)13(16)10-18/h6-9,13-14,18H,10,16H2,1-5H3. The van der Waals surface area contributed by atoms with Crippen LogP contribution in [0.1, 0.15) is 37.9 Å². The lowest BCUT2D eigenvalue weighted by molar-refractivity contribution is 0.181. The molecule has 0 bridgehead atoms. The topological polar surface area (TPSA) is 49.5 Å². The highest BCUT2D eigenvalue weighted by molar-refractivity contribution is 5.30. The molecule has 2 atom stereocenters. The fourth-order valence-corrected chi connectivity index (χ4v) is 2.21. The van der Waals surface area contributed by atoms with Crippen LogP contribution in [0.3, 0.4) is 0 Å². The summed E-state index contributed by atoms with van der Waals surface area (Å²) in [5.74, 6) is 0. The third kappa shape index (κ3) is 3.55. The fraction of sp³-hybridized carbons (Fsp3) is 0.600. The third-order valence-electron chi connectivity index (χ3n) is 3.29. The Balaban J connectivity index is 3.01. The first-order valence-electron chi connectivity index (χ1n) is 6.40. The molecule has 102 valence electrons. The van der Waals surface area contributed by atoms with Crippen molar-refractivity contribution >= 4 is 0 Å². The van der Waals surface area contributed by atoms with Crippen molar-refractivity contribution in [2.24, 2.45) is 5.73 Å². The van der Waals surface area contributed by atoms with Gasteiger partial charge in [0.15, 0.2) is 0 Å². The first kappa shape index (κ1) is 15.2. The lowest BCUT2D eigenvalue weighted by Crippen LogP contribution is -2.39. The van der Waals surface area contributed by atoms with E-state index in [4.69, 9.17) is 5.73 Å². The number of nitrogens with zero attached hydrogens (tertiary/aromatic N) is 1. The summed E-state index contributed by atoms with van der Waals surface area (Å²) in [6.07, 6.45) is 0. The molecule has 0 heterocycles. The number of aliphatic hydroxyl groups excluding tert-OH is 1. The van der Waals surface area contributed by atoms with Gasteiger partial charge in [-0.15, -0.1) is 0 Å². The predicted molar refractivity (Wildman–Crippen MR) is 76.6 cm³/mol. The van der Waals surface area contributed by atoms with Gasteiger partial charge in [-0.1, -0.05) is 45.0 Å². The van der Waals surface area contributed by atoms with E-state index in [1.165, 1.54) is 5.56 Å². The van der Waals surface area contributed by atoms with E-state index in [0.29, 0.717) is 0 Å². The Morgan fingerprint density at radius 3 is 2.00 bits per heavy atom. The summed E-state index contributed by atoms with van der Waals surface area (Å²) in [5, 5.41) is 9.25. The van der Waals surface area contributed by atoms with Crippen LogP contribution >= 0.6 is 0 Å². The SMILES string of the molecule is CN(C)C(c1ccc(C(C)(C)C)cc1)C(N)CO. The maximum absolute atomic E-state index is 9.25. The van der Waals surface area contributed by atoms with Crippen LogP contribution < -0.4 is 5.73 Å². The zero-order valence-electron chi connectivity index (χ0n) is 12.1. The van der Waals surface area contributed by atoms with Gasteiger partial charge in [0.2, 0.25) is 0 Å². The Morgan fingerprint density at radius 1 is 1.17 bits per heavy atom. The van der Waals surface area contributed by atoms with Gasteiger partial charge in [-0.2, -0.15) is 0 Å². The molecule has 0 radical (unpaired) electrons. The van der Waals surface area contributed by atoms with Gasteiger partial charge in [-0.25, -0.2) is 0 Å². The van der Waals surface area contributed by atoms with Crippen LogP contribution in [0.15, 0.2) is 24.3 Å². The van der Waals surface area contributed by atoms with Gasteiger partial charge in [0.1, 0.15) is 0 Å². The van der Waals surface area contributed by atoms with Crippen molar-refractivity contribution in [3.8, 4) is 0 Å². The summed E-state index contributed by atoms with van der Waals surface area (Å²) >= 11 is 0. The van der Waals surface area contributed by atoms with Gasteiger partial charge in [0, 0.05) is 6.04 Å². The van der Waals surface area contributed by atoms with Crippen LogP contribution in [-0.2, 0) is 5.41 Å². The molecule has 0 aliphatic carbocycles. The number of hydrogen-bond acceptors (Lipinski definition) is 3. The second-order valence-electron chi connectivity index (χ2n) is 6.13. The molecule has 1 rings (SSSR count). The minimum atomic E-state index is -0.263. The average Bonchev–Trinajstić information content (AvgIpc) is 2.28. The molecule has 0 saturated carbocycles. The van der Waals surface area contributed by atoms with Crippen LogP contribution in [0.5, 0.6) is 0 Å². The van der Waals surface area contributed by atoms with E-state index in [-0.39, 0.29) is 24.1 Å². The molecule has 3 N–H and O–H groups in total. The van der Waals surface area contributed by atoms with Crippen molar-refractivity contribution in [2.45, 2.75) is 38.3 Å². The molecular weight excluding hydrogens is 224 g/mol. The molecule has 1 aromatic rings. The van der Waals surface area contributed by atoms with Crippen LogP contribution in [0.2, 0.25) is 0 Å². The predicted octanol–water partition coefficient (Wildman–Crippen LogP) is 1.91. The maximum atomic E-state index is 9.25. The minimum absolute atomic E-state index is 0.0101. The molecule has 0 spiro atoms. The van der Waals surface area contributed by atoms with Crippen molar-refractivity contribution < 1.29 is 5.11 Å². The van der Waals surface area contributed by atoms with Crippen molar-refractivity contribution in [1.29, 1.82) is 0 Å². The molecule has 3 heteroatoms. The van der Waals surface area contributed by atoms with Crippen LogP contribution in [-0.4, -0.2) is 36.8 Å². The Morgan fingerprint density at radius 2 is 1.67 bits per heavy atom. The minimum Gasteiger partial charge on any atom is -0.395 e. The summed E-state index contributed by atoms with van der Waals surface area (Å²) in [7, 11) is 3.97. The third-order valence-corrected chi connectivity index (χ3v) is 3.29. The smallest absolute Gasteiger partial charge is 0.0601 e. The van der Waals surface area contributed by atoms with E-state index in [0.717, 1.165) is 5.56 Å². The van der Waals surface area contributed by atoms with Gasteiger partial charge in [0.25, 0.3) is 0 Å². The molecule has 0 fully saturated rings. The summed E-state index contributed by atoms with van der Waals surface area (Å²) in [6.45, 7) is 6.59.